The van der Waals surface area contributed by atoms with Crippen molar-refractivity contribution in [1.29, 1.82) is 0 Å². The molecule has 1 aliphatic carbocycles. The Morgan fingerprint density at radius 3 is 2.86 bits per heavy atom. The van der Waals surface area contributed by atoms with Crippen LogP contribution in [0.4, 0.5) is 5.82 Å². The van der Waals surface area contributed by atoms with E-state index in [1.54, 1.807) is 6.33 Å². The third-order valence-electron chi connectivity index (χ3n) is 4.47. The summed E-state index contributed by atoms with van der Waals surface area (Å²) in [7, 11) is 4.28. The fraction of sp³-hybridized carbons (Fsp3) is 0.412. The number of anilines is 1. The monoisotopic (exact) mass is 296 g/mol. The van der Waals surface area contributed by atoms with Gasteiger partial charge in [0.2, 0.25) is 0 Å². The largest absolute Gasteiger partial charge is 0.450 e. The summed E-state index contributed by atoms with van der Waals surface area (Å²) in [5, 5.41) is 4.50. The number of furan rings is 1. The molecule has 4 rings (SSSR count). The zero-order valence-electron chi connectivity index (χ0n) is 12.9. The Kier molecular flexibility index (Phi) is 3.22. The number of aromatic nitrogens is 2. The van der Waals surface area contributed by atoms with Gasteiger partial charge in [-0.3, -0.25) is 0 Å². The predicted molar refractivity (Wildman–Crippen MR) is 88.0 cm³/mol. The minimum atomic E-state index is 0.536. The van der Waals surface area contributed by atoms with Gasteiger partial charge in [0.25, 0.3) is 0 Å². The number of hydrogen-bond donors (Lipinski definition) is 1. The third kappa shape index (κ3) is 2.31. The average molecular weight is 296 g/mol. The maximum absolute atomic E-state index is 5.95. The molecule has 1 aliphatic rings. The van der Waals surface area contributed by atoms with Crippen molar-refractivity contribution in [3.05, 3.63) is 30.6 Å². The summed E-state index contributed by atoms with van der Waals surface area (Å²) < 4.78 is 5.95. The first-order valence-corrected chi connectivity index (χ1v) is 7.76. The Morgan fingerprint density at radius 2 is 2.09 bits per heavy atom. The van der Waals surface area contributed by atoms with Gasteiger partial charge < -0.3 is 14.6 Å². The highest BCUT2D eigenvalue weighted by molar-refractivity contribution is 6.05. The Labute approximate surface area is 129 Å². The molecule has 2 aromatic heterocycles. The van der Waals surface area contributed by atoms with Gasteiger partial charge in [-0.25, -0.2) is 9.97 Å². The number of hydrogen-bond acceptors (Lipinski definition) is 5. The number of fused-ring (bicyclic) bond motifs is 3. The number of benzene rings is 1. The molecule has 2 heterocycles. The maximum Gasteiger partial charge on any atom is 0.196 e. The summed E-state index contributed by atoms with van der Waals surface area (Å²) in [5.41, 5.74) is 2.48. The van der Waals surface area contributed by atoms with Crippen LogP contribution in [0.3, 0.4) is 0 Å². The molecule has 22 heavy (non-hydrogen) atoms. The normalized spacial score (nSPS) is 16.5. The van der Waals surface area contributed by atoms with E-state index in [4.69, 9.17) is 4.42 Å². The van der Waals surface area contributed by atoms with Crippen LogP contribution in [0.15, 0.2) is 35.0 Å². The van der Waals surface area contributed by atoms with E-state index in [0.717, 1.165) is 40.3 Å². The van der Waals surface area contributed by atoms with E-state index in [2.05, 4.69) is 34.3 Å². The summed E-state index contributed by atoms with van der Waals surface area (Å²) in [6.07, 6.45) is 4.26. The Morgan fingerprint density at radius 1 is 1.27 bits per heavy atom. The smallest absolute Gasteiger partial charge is 0.196 e. The van der Waals surface area contributed by atoms with Crippen molar-refractivity contribution >= 4 is 27.9 Å². The second-order valence-corrected chi connectivity index (χ2v) is 6.25. The molecule has 0 aliphatic heterocycles. The molecule has 1 aromatic carbocycles. The first-order valence-electron chi connectivity index (χ1n) is 7.76. The Bertz CT molecular complexity index is 805. The SMILES string of the molecule is CN(C)C(CNc1ncnc2c1oc1ccccc12)C1CC1. The summed E-state index contributed by atoms with van der Waals surface area (Å²) in [6.45, 7) is 0.876. The van der Waals surface area contributed by atoms with E-state index in [0.29, 0.717) is 6.04 Å². The van der Waals surface area contributed by atoms with Crippen molar-refractivity contribution in [1.82, 2.24) is 14.9 Å². The molecule has 0 amide bonds. The number of nitrogens with zero attached hydrogens (tertiary/aromatic N) is 3. The van der Waals surface area contributed by atoms with E-state index < -0.39 is 0 Å². The molecule has 1 fully saturated rings. The molecule has 5 nitrogen and oxygen atoms in total. The van der Waals surface area contributed by atoms with Crippen molar-refractivity contribution in [2.24, 2.45) is 5.92 Å². The van der Waals surface area contributed by atoms with E-state index in [1.165, 1.54) is 12.8 Å². The lowest BCUT2D eigenvalue weighted by Gasteiger charge is -2.24. The summed E-state index contributed by atoms with van der Waals surface area (Å²) in [5.74, 6) is 1.59. The number of rotatable bonds is 5. The number of likely N-dealkylation sites (N-methyl/N-ethyl adjacent to an activating group) is 1. The number of nitrogens with one attached hydrogen (secondary N) is 1. The van der Waals surface area contributed by atoms with Crippen molar-refractivity contribution in [3.8, 4) is 0 Å². The Hall–Kier alpha value is -2.14. The van der Waals surface area contributed by atoms with Crippen LogP contribution in [0.2, 0.25) is 0 Å². The third-order valence-corrected chi connectivity index (χ3v) is 4.47. The zero-order chi connectivity index (χ0) is 15.1. The summed E-state index contributed by atoms with van der Waals surface area (Å²) in [6, 6.07) is 8.51. The lowest BCUT2D eigenvalue weighted by atomic mass is 10.1. The lowest BCUT2D eigenvalue weighted by molar-refractivity contribution is 0.276. The van der Waals surface area contributed by atoms with Crippen LogP contribution in [0.25, 0.3) is 22.1 Å². The maximum atomic E-state index is 5.95. The van der Waals surface area contributed by atoms with Gasteiger partial charge in [0.15, 0.2) is 11.4 Å². The van der Waals surface area contributed by atoms with Crippen molar-refractivity contribution in [3.63, 3.8) is 0 Å². The first-order chi connectivity index (χ1) is 10.7. The highest BCUT2D eigenvalue weighted by Crippen LogP contribution is 2.35. The molecule has 0 spiro atoms. The minimum Gasteiger partial charge on any atom is -0.450 e. The molecule has 3 aromatic rings. The van der Waals surface area contributed by atoms with Crippen LogP contribution in [0, 0.1) is 5.92 Å². The molecule has 0 saturated heterocycles. The van der Waals surface area contributed by atoms with Gasteiger partial charge >= 0.3 is 0 Å². The summed E-state index contributed by atoms with van der Waals surface area (Å²) in [4.78, 5) is 11.1. The van der Waals surface area contributed by atoms with Crippen molar-refractivity contribution in [2.45, 2.75) is 18.9 Å². The second-order valence-electron chi connectivity index (χ2n) is 6.25. The lowest BCUT2D eigenvalue weighted by Crippen LogP contribution is -2.36. The minimum absolute atomic E-state index is 0.536. The van der Waals surface area contributed by atoms with E-state index in [-0.39, 0.29) is 0 Å². The number of para-hydroxylation sites is 1. The average Bonchev–Trinajstić information content (AvgIpc) is 3.27. The van der Waals surface area contributed by atoms with E-state index >= 15 is 0 Å². The van der Waals surface area contributed by atoms with E-state index in [9.17, 15) is 0 Å². The molecule has 0 radical (unpaired) electrons. The quantitative estimate of drug-likeness (QED) is 0.784. The molecule has 0 bridgehead atoms. The molecular formula is C17H20N4O. The summed E-state index contributed by atoms with van der Waals surface area (Å²) >= 11 is 0. The van der Waals surface area contributed by atoms with Gasteiger partial charge in [0, 0.05) is 18.0 Å². The van der Waals surface area contributed by atoms with Crippen LogP contribution in [0.5, 0.6) is 0 Å². The first kappa shape index (κ1) is 13.5. The van der Waals surface area contributed by atoms with Crippen LogP contribution in [0.1, 0.15) is 12.8 Å². The van der Waals surface area contributed by atoms with Gasteiger partial charge in [0.05, 0.1) is 0 Å². The van der Waals surface area contributed by atoms with Crippen molar-refractivity contribution < 1.29 is 4.42 Å². The molecule has 5 heteroatoms. The van der Waals surface area contributed by atoms with Gasteiger partial charge in [-0.1, -0.05) is 12.1 Å². The fourth-order valence-corrected chi connectivity index (χ4v) is 3.10. The zero-order valence-corrected chi connectivity index (χ0v) is 12.9. The molecular weight excluding hydrogens is 276 g/mol. The standard InChI is InChI=1S/C17H20N4O/c1-21(2)13(11-7-8-11)9-18-17-16-15(19-10-20-17)12-5-3-4-6-14(12)22-16/h3-6,10-11,13H,7-9H2,1-2H3,(H,18,19,20). The van der Waals surface area contributed by atoms with E-state index in [1.807, 2.05) is 24.3 Å². The van der Waals surface area contributed by atoms with Crippen LogP contribution in [-0.2, 0) is 0 Å². The van der Waals surface area contributed by atoms with Crippen LogP contribution in [-0.4, -0.2) is 41.5 Å². The molecule has 1 saturated carbocycles. The van der Waals surface area contributed by atoms with Gasteiger partial charge in [0.1, 0.15) is 17.4 Å². The highest BCUT2D eigenvalue weighted by atomic mass is 16.3. The highest BCUT2D eigenvalue weighted by Gasteiger charge is 2.32. The second kappa shape index (κ2) is 5.25. The van der Waals surface area contributed by atoms with Crippen molar-refractivity contribution in [2.75, 3.05) is 26.0 Å². The van der Waals surface area contributed by atoms with Gasteiger partial charge in [-0.15, -0.1) is 0 Å². The molecule has 1 N–H and O–H groups in total. The van der Waals surface area contributed by atoms with Gasteiger partial charge in [-0.05, 0) is 45.0 Å². The fourth-order valence-electron chi connectivity index (χ4n) is 3.10. The van der Waals surface area contributed by atoms with Crippen LogP contribution < -0.4 is 5.32 Å². The topological polar surface area (TPSA) is 54.2 Å². The van der Waals surface area contributed by atoms with Crippen LogP contribution >= 0.6 is 0 Å². The Balaban J connectivity index is 1.66. The predicted octanol–water partition coefficient (Wildman–Crippen LogP) is 3.13. The molecule has 1 unspecified atom stereocenters. The van der Waals surface area contributed by atoms with Gasteiger partial charge in [-0.2, -0.15) is 0 Å². The molecule has 1 atom stereocenters. The molecule has 114 valence electrons.